The summed E-state index contributed by atoms with van der Waals surface area (Å²) >= 11 is 0. The number of aliphatic hydroxyl groups excluding tert-OH is 8. The van der Waals surface area contributed by atoms with Crippen LogP contribution in [0.3, 0.4) is 0 Å². The van der Waals surface area contributed by atoms with Crippen molar-refractivity contribution in [2.45, 2.75) is 312 Å². The van der Waals surface area contributed by atoms with Crippen LogP contribution < -0.4 is 5.32 Å². The summed E-state index contributed by atoms with van der Waals surface area (Å²) in [6.07, 6.45) is 37.9. The molecule has 12 unspecified atom stereocenters. The number of allylic oxidation sites excluding steroid dienone is 6. The fourth-order valence-corrected chi connectivity index (χ4v) is 9.77. The van der Waals surface area contributed by atoms with Gasteiger partial charge in [-0.1, -0.05) is 217 Å². The largest absolute Gasteiger partial charge is 0.394 e. The van der Waals surface area contributed by atoms with Crippen molar-refractivity contribution in [2.24, 2.45) is 0 Å². The van der Waals surface area contributed by atoms with Gasteiger partial charge in [0.1, 0.15) is 48.8 Å². The molecule has 14 nitrogen and oxygen atoms in total. The molecule has 12 atom stereocenters. The third kappa shape index (κ3) is 31.3. The second-order valence-electron chi connectivity index (χ2n) is 21.1. The van der Waals surface area contributed by atoms with Crippen LogP contribution in [0.1, 0.15) is 239 Å². The first kappa shape index (κ1) is 67.3. The first-order valence-electron chi connectivity index (χ1n) is 29.7. The van der Waals surface area contributed by atoms with Crippen LogP contribution in [-0.4, -0.2) is 140 Å². The number of hydrogen-bond acceptors (Lipinski definition) is 13. The van der Waals surface area contributed by atoms with Gasteiger partial charge >= 0.3 is 0 Å². The molecule has 0 bridgehead atoms. The Morgan fingerprint density at radius 1 is 0.493 bits per heavy atom. The number of nitrogens with one attached hydrogen (secondary N) is 1. The van der Waals surface area contributed by atoms with Gasteiger partial charge in [-0.05, 0) is 51.4 Å². The molecule has 2 rings (SSSR count). The van der Waals surface area contributed by atoms with Crippen LogP contribution in [0.4, 0.5) is 0 Å². The van der Waals surface area contributed by atoms with Gasteiger partial charge in [-0.3, -0.25) is 4.79 Å². The molecular weight excluding hydrogens is 931 g/mol. The molecule has 73 heavy (non-hydrogen) atoms. The summed E-state index contributed by atoms with van der Waals surface area (Å²) in [5.41, 5.74) is 0. The van der Waals surface area contributed by atoms with Crippen molar-refractivity contribution in [3.8, 4) is 0 Å². The molecule has 0 spiro atoms. The lowest BCUT2D eigenvalue weighted by Crippen LogP contribution is -2.65. The Bertz CT molecular complexity index is 1370. The van der Waals surface area contributed by atoms with Crippen LogP contribution in [-0.2, 0) is 23.7 Å². The molecule has 1 amide bonds. The van der Waals surface area contributed by atoms with E-state index in [9.17, 15) is 45.6 Å². The van der Waals surface area contributed by atoms with Crippen molar-refractivity contribution in [1.29, 1.82) is 0 Å². The second-order valence-corrected chi connectivity index (χ2v) is 21.1. The highest BCUT2D eigenvalue weighted by Gasteiger charge is 2.51. The summed E-state index contributed by atoms with van der Waals surface area (Å²) in [7, 11) is 0. The summed E-state index contributed by atoms with van der Waals surface area (Å²) in [6, 6.07) is -0.824. The zero-order valence-electron chi connectivity index (χ0n) is 45.9. The number of ether oxygens (including phenoxy) is 4. The van der Waals surface area contributed by atoms with Crippen molar-refractivity contribution in [3.05, 3.63) is 36.5 Å². The Morgan fingerprint density at radius 2 is 0.904 bits per heavy atom. The standard InChI is InChI=1S/C59H109NO13/c1-3-5-7-9-11-12-13-14-15-16-17-18-19-20-21-22-23-24-25-26-27-28-29-30-31-32-33-34-35-36-37-39-41-43-51(64)60-47(48(63)42-40-38-10-8-6-4-2)46-70-58-56(69)54(67)57(50(45-62)72-58)73-59-55(68)53(66)52(65)49(44-61)71-59/h13-14,16-17,19-20,47-50,52-59,61-63,65-69H,3-12,15,18,21-46H2,1-2H3,(H,60,64)/b14-13-,17-16-,20-19-. The third-order valence-electron chi connectivity index (χ3n) is 14.6. The zero-order chi connectivity index (χ0) is 53.2. The van der Waals surface area contributed by atoms with E-state index >= 15 is 0 Å². The van der Waals surface area contributed by atoms with E-state index in [1.807, 2.05) is 0 Å². The first-order valence-corrected chi connectivity index (χ1v) is 29.7. The minimum atomic E-state index is -1.78. The van der Waals surface area contributed by atoms with Crippen molar-refractivity contribution in [1.82, 2.24) is 5.32 Å². The minimum absolute atomic E-state index is 0.211. The predicted octanol–water partition coefficient (Wildman–Crippen LogP) is 9.83. The highest BCUT2D eigenvalue weighted by molar-refractivity contribution is 5.76. The van der Waals surface area contributed by atoms with Gasteiger partial charge in [-0.15, -0.1) is 0 Å². The normalized spacial score (nSPS) is 25.6. The molecule has 0 aromatic rings. The Labute approximate surface area is 442 Å². The fraction of sp³-hybridized carbons (Fsp3) is 0.881. The van der Waals surface area contributed by atoms with Gasteiger partial charge < -0.3 is 65.1 Å². The summed E-state index contributed by atoms with van der Waals surface area (Å²) in [6.45, 7) is 2.77. The Kier molecular flexibility index (Phi) is 41.7. The van der Waals surface area contributed by atoms with Crippen LogP contribution in [0, 0.1) is 0 Å². The van der Waals surface area contributed by atoms with E-state index in [0.29, 0.717) is 12.8 Å². The summed E-state index contributed by atoms with van der Waals surface area (Å²) in [5.74, 6) is -0.211. The van der Waals surface area contributed by atoms with Gasteiger partial charge in [0.2, 0.25) is 5.91 Å². The average molecular weight is 1040 g/mol. The number of rotatable bonds is 47. The lowest BCUT2D eigenvalue weighted by Gasteiger charge is -2.46. The fourth-order valence-electron chi connectivity index (χ4n) is 9.77. The molecule has 0 radical (unpaired) electrons. The van der Waals surface area contributed by atoms with Gasteiger partial charge in [0.15, 0.2) is 12.6 Å². The van der Waals surface area contributed by atoms with Crippen molar-refractivity contribution in [2.75, 3.05) is 19.8 Å². The zero-order valence-corrected chi connectivity index (χ0v) is 45.9. The van der Waals surface area contributed by atoms with E-state index in [2.05, 4.69) is 55.6 Å². The molecular formula is C59H109NO13. The van der Waals surface area contributed by atoms with E-state index in [-0.39, 0.29) is 12.5 Å². The van der Waals surface area contributed by atoms with Gasteiger partial charge in [0, 0.05) is 6.42 Å². The molecule has 14 heteroatoms. The molecule has 0 saturated carbocycles. The Balaban J connectivity index is 1.55. The highest BCUT2D eigenvalue weighted by Crippen LogP contribution is 2.30. The number of carbonyl (C=O) groups excluding carboxylic acids is 1. The number of unbranched alkanes of at least 4 members (excludes halogenated alkanes) is 28. The van der Waals surface area contributed by atoms with E-state index in [1.54, 1.807) is 0 Å². The van der Waals surface area contributed by atoms with E-state index in [0.717, 1.165) is 77.0 Å². The summed E-state index contributed by atoms with van der Waals surface area (Å²) in [4.78, 5) is 13.2. The predicted molar refractivity (Wildman–Crippen MR) is 291 cm³/mol. The number of aliphatic hydroxyl groups is 8. The number of amides is 1. The maximum absolute atomic E-state index is 13.2. The molecule has 0 aliphatic carbocycles. The molecule has 2 aliphatic heterocycles. The van der Waals surface area contributed by atoms with Crippen molar-refractivity contribution >= 4 is 5.91 Å². The molecule has 2 fully saturated rings. The van der Waals surface area contributed by atoms with Crippen LogP contribution in [0.25, 0.3) is 0 Å². The molecule has 9 N–H and O–H groups in total. The highest BCUT2D eigenvalue weighted by atomic mass is 16.7. The van der Waals surface area contributed by atoms with E-state index in [4.69, 9.17) is 18.9 Å². The van der Waals surface area contributed by atoms with E-state index in [1.165, 1.54) is 135 Å². The summed E-state index contributed by atoms with van der Waals surface area (Å²) in [5, 5.41) is 86.6. The van der Waals surface area contributed by atoms with Gasteiger partial charge in [-0.2, -0.15) is 0 Å². The Morgan fingerprint density at radius 3 is 1.38 bits per heavy atom. The second kappa shape index (κ2) is 45.3. The summed E-state index contributed by atoms with van der Waals surface area (Å²) < 4.78 is 22.7. The average Bonchev–Trinajstić information content (AvgIpc) is 3.39. The molecule has 2 heterocycles. The quantitative estimate of drug-likeness (QED) is 0.0205. The molecule has 428 valence electrons. The smallest absolute Gasteiger partial charge is 0.220 e. The molecule has 0 aromatic heterocycles. The van der Waals surface area contributed by atoms with Gasteiger partial charge in [0.05, 0.1) is 32.0 Å². The number of hydrogen-bond donors (Lipinski definition) is 9. The van der Waals surface area contributed by atoms with E-state index < -0.39 is 86.8 Å². The lowest BCUT2D eigenvalue weighted by atomic mass is 9.97. The molecule has 2 saturated heterocycles. The lowest BCUT2D eigenvalue weighted by molar-refractivity contribution is -0.359. The van der Waals surface area contributed by atoms with Crippen LogP contribution in [0.5, 0.6) is 0 Å². The van der Waals surface area contributed by atoms with Crippen molar-refractivity contribution in [3.63, 3.8) is 0 Å². The maximum atomic E-state index is 13.2. The Hall–Kier alpha value is -1.79. The van der Waals surface area contributed by atoms with Gasteiger partial charge in [0.25, 0.3) is 0 Å². The number of carbonyl (C=O) groups is 1. The molecule has 2 aliphatic rings. The van der Waals surface area contributed by atoms with Gasteiger partial charge in [-0.25, -0.2) is 0 Å². The monoisotopic (exact) mass is 1040 g/mol. The topological polar surface area (TPSA) is 228 Å². The third-order valence-corrected chi connectivity index (χ3v) is 14.6. The van der Waals surface area contributed by atoms with Crippen molar-refractivity contribution < 1.29 is 64.6 Å². The SMILES string of the molecule is CCCCCCC/C=C\C/C=C\C/C=C\CCCCCCCCCCCCCCCCCCCCC(=O)NC(COC1OC(CO)C(OC2OC(CO)C(O)C(O)C2O)C(O)C1O)C(O)CCCCCCCC. The van der Waals surface area contributed by atoms with Crippen LogP contribution >= 0.6 is 0 Å². The van der Waals surface area contributed by atoms with Crippen LogP contribution in [0.15, 0.2) is 36.5 Å². The maximum Gasteiger partial charge on any atom is 0.220 e. The first-order chi connectivity index (χ1) is 35.6. The van der Waals surface area contributed by atoms with Crippen LogP contribution in [0.2, 0.25) is 0 Å². The molecule has 0 aromatic carbocycles. The minimum Gasteiger partial charge on any atom is -0.394 e.